The van der Waals surface area contributed by atoms with Crippen molar-refractivity contribution in [3.05, 3.63) is 63.4 Å². The van der Waals surface area contributed by atoms with Crippen LogP contribution in [0.25, 0.3) is 22.5 Å². The lowest BCUT2D eigenvalue weighted by molar-refractivity contribution is 0.501. The van der Waals surface area contributed by atoms with Gasteiger partial charge in [-0.15, -0.1) is 0 Å². The molecule has 156 valence electrons. The van der Waals surface area contributed by atoms with Crippen molar-refractivity contribution in [2.45, 2.75) is 57.2 Å². The summed E-state index contributed by atoms with van der Waals surface area (Å²) in [6.07, 6.45) is 7.50. The van der Waals surface area contributed by atoms with Gasteiger partial charge >= 0.3 is 0 Å². The van der Waals surface area contributed by atoms with Crippen LogP contribution < -0.4 is 5.32 Å². The van der Waals surface area contributed by atoms with Gasteiger partial charge in [0.05, 0.1) is 23.0 Å². The van der Waals surface area contributed by atoms with E-state index in [0.29, 0.717) is 22.1 Å². The second-order valence-corrected chi connectivity index (χ2v) is 9.60. The van der Waals surface area contributed by atoms with E-state index in [1.165, 1.54) is 38.5 Å². The Labute approximate surface area is 192 Å². The Balaban J connectivity index is 1.63. The lowest BCUT2D eigenvalue weighted by Gasteiger charge is -2.15. The number of benzene rings is 2. The summed E-state index contributed by atoms with van der Waals surface area (Å²) in [5.74, 6) is 1.08. The van der Waals surface area contributed by atoms with Crippen LogP contribution in [0.5, 0.6) is 0 Å². The highest BCUT2D eigenvalue weighted by molar-refractivity contribution is 6.36. The minimum absolute atomic E-state index is 0.489. The number of hydrogen-bond acceptors (Lipinski definition) is 2. The lowest BCUT2D eigenvalue weighted by atomic mass is 10.0. The minimum atomic E-state index is 0.489. The summed E-state index contributed by atoms with van der Waals surface area (Å²) in [6.45, 7) is 0.771. The molecule has 1 N–H and O–H groups in total. The molecule has 0 saturated heterocycles. The van der Waals surface area contributed by atoms with Gasteiger partial charge in [0.2, 0.25) is 0 Å². The first-order valence-corrected chi connectivity index (χ1v) is 11.8. The van der Waals surface area contributed by atoms with Gasteiger partial charge in [-0.3, -0.25) is 0 Å². The highest BCUT2D eigenvalue weighted by Crippen LogP contribution is 2.45. The van der Waals surface area contributed by atoms with Crippen LogP contribution in [0, 0.1) is 0 Å². The van der Waals surface area contributed by atoms with Crippen LogP contribution in [-0.4, -0.2) is 15.6 Å². The molecule has 1 aromatic heterocycles. The number of hydrogen-bond donors (Lipinski definition) is 1. The lowest BCUT2D eigenvalue weighted by Crippen LogP contribution is -2.27. The topological polar surface area (TPSA) is 29.9 Å². The average Bonchev–Trinajstić information content (AvgIpc) is 3.29. The number of aromatic nitrogens is 2. The van der Waals surface area contributed by atoms with E-state index in [9.17, 15) is 0 Å². The normalized spacial score (nSPS) is 17.0. The highest BCUT2D eigenvalue weighted by Gasteiger charge is 2.32. The molecule has 2 fully saturated rings. The molecule has 3 nitrogen and oxygen atoms in total. The third kappa shape index (κ3) is 4.13. The summed E-state index contributed by atoms with van der Waals surface area (Å²) >= 11 is 19.0. The molecule has 0 bridgehead atoms. The number of nitrogens with one attached hydrogen (secondary N) is 1. The fourth-order valence-electron chi connectivity index (χ4n) is 4.45. The van der Waals surface area contributed by atoms with Crippen molar-refractivity contribution in [2.75, 3.05) is 0 Å². The zero-order valence-electron chi connectivity index (χ0n) is 16.7. The molecular weight excluding hydrogens is 437 g/mol. The van der Waals surface area contributed by atoms with Gasteiger partial charge in [0.1, 0.15) is 5.82 Å². The van der Waals surface area contributed by atoms with Crippen molar-refractivity contribution in [1.82, 2.24) is 14.9 Å². The maximum absolute atomic E-state index is 6.62. The van der Waals surface area contributed by atoms with E-state index in [4.69, 9.17) is 39.8 Å². The first-order valence-electron chi connectivity index (χ1n) is 10.7. The number of halogens is 3. The molecular formula is C24H24Cl3N3. The van der Waals surface area contributed by atoms with Gasteiger partial charge in [0.15, 0.2) is 0 Å². The molecule has 1 heterocycles. The van der Waals surface area contributed by atoms with Gasteiger partial charge in [0.25, 0.3) is 0 Å². The second-order valence-electron chi connectivity index (χ2n) is 8.32. The van der Waals surface area contributed by atoms with Crippen molar-refractivity contribution in [3.63, 3.8) is 0 Å². The molecule has 5 rings (SSSR count). The molecule has 3 aromatic rings. The summed E-state index contributed by atoms with van der Waals surface area (Å²) in [7, 11) is 0. The van der Waals surface area contributed by atoms with Crippen molar-refractivity contribution >= 4 is 34.8 Å². The van der Waals surface area contributed by atoms with Crippen LogP contribution >= 0.6 is 34.8 Å². The average molecular weight is 461 g/mol. The van der Waals surface area contributed by atoms with E-state index in [1.54, 1.807) is 6.07 Å². The first kappa shape index (κ1) is 20.4. The molecule has 2 aliphatic rings. The van der Waals surface area contributed by atoms with E-state index in [-0.39, 0.29) is 0 Å². The van der Waals surface area contributed by atoms with Crippen LogP contribution in [-0.2, 0) is 6.54 Å². The van der Waals surface area contributed by atoms with E-state index in [2.05, 4.69) is 22.0 Å². The van der Waals surface area contributed by atoms with Crippen LogP contribution in [0.2, 0.25) is 15.1 Å². The maximum Gasteiger partial charge on any atom is 0.124 e. The monoisotopic (exact) mass is 459 g/mol. The van der Waals surface area contributed by atoms with Gasteiger partial charge in [-0.05, 0) is 56.0 Å². The fraction of sp³-hybridized carbons (Fsp3) is 0.375. The Morgan fingerprint density at radius 2 is 1.60 bits per heavy atom. The number of imidazole rings is 1. The van der Waals surface area contributed by atoms with E-state index in [1.807, 2.05) is 24.3 Å². The summed E-state index contributed by atoms with van der Waals surface area (Å²) in [5, 5.41) is 5.71. The standard InChI is InChI=1S/C24H24Cl3N3/c25-16-7-5-15(6-8-16)24-23(20-12-9-17(26)13-21(20)27)29-22(30(24)19-10-11-19)14-28-18-3-1-2-4-18/h5-9,12-13,18-19,28H,1-4,10-11,14H2. The quantitative estimate of drug-likeness (QED) is 0.411. The Hall–Kier alpha value is -1.52. The van der Waals surface area contributed by atoms with Crippen molar-refractivity contribution in [3.8, 4) is 22.5 Å². The first-order chi connectivity index (χ1) is 14.6. The molecule has 2 aromatic carbocycles. The van der Waals surface area contributed by atoms with E-state index in [0.717, 1.165) is 39.9 Å². The zero-order valence-corrected chi connectivity index (χ0v) is 18.9. The molecule has 6 heteroatoms. The van der Waals surface area contributed by atoms with E-state index >= 15 is 0 Å². The van der Waals surface area contributed by atoms with Gasteiger partial charge in [-0.2, -0.15) is 0 Å². The molecule has 0 radical (unpaired) electrons. The third-order valence-electron chi connectivity index (χ3n) is 6.10. The third-order valence-corrected chi connectivity index (χ3v) is 6.90. The summed E-state index contributed by atoms with van der Waals surface area (Å²) in [6, 6.07) is 14.7. The van der Waals surface area contributed by atoms with Gasteiger partial charge in [0, 0.05) is 33.3 Å². The molecule has 0 atom stereocenters. The van der Waals surface area contributed by atoms with Crippen LogP contribution in [0.15, 0.2) is 42.5 Å². The Bertz CT molecular complexity index is 1050. The Morgan fingerprint density at radius 3 is 2.27 bits per heavy atom. The molecule has 0 amide bonds. The van der Waals surface area contributed by atoms with Gasteiger partial charge < -0.3 is 9.88 Å². The summed E-state index contributed by atoms with van der Waals surface area (Å²) in [4.78, 5) is 5.13. The molecule has 2 aliphatic carbocycles. The van der Waals surface area contributed by atoms with E-state index < -0.39 is 0 Å². The minimum Gasteiger partial charge on any atom is -0.323 e. The van der Waals surface area contributed by atoms with Crippen molar-refractivity contribution in [1.29, 1.82) is 0 Å². The Kier molecular flexibility index (Phi) is 5.81. The second kappa shape index (κ2) is 8.55. The van der Waals surface area contributed by atoms with Crippen LogP contribution in [0.3, 0.4) is 0 Å². The predicted octanol–water partition coefficient (Wildman–Crippen LogP) is 7.54. The number of rotatable bonds is 6. The van der Waals surface area contributed by atoms with Crippen molar-refractivity contribution in [2.24, 2.45) is 0 Å². The summed E-state index contributed by atoms with van der Waals surface area (Å²) in [5.41, 5.74) is 4.04. The van der Waals surface area contributed by atoms with Crippen molar-refractivity contribution < 1.29 is 0 Å². The smallest absolute Gasteiger partial charge is 0.124 e. The molecule has 0 spiro atoms. The zero-order chi connectivity index (χ0) is 20.7. The fourth-order valence-corrected chi connectivity index (χ4v) is 5.07. The highest BCUT2D eigenvalue weighted by atomic mass is 35.5. The SMILES string of the molecule is Clc1ccc(-c2c(-c3ccc(Cl)cc3Cl)nc(CNC3CCCC3)n2C2CC2)cc1. The molecule has 2 saturated carbocycles. The number of nitrogens with zero attached hydrogens (tertiary/aromatic N) is 2. The summed E-state index contributed by atoms with van der Waals surface area (Å²) < 4.78 is 2.42. The molecule has 0 unspecified atom stereocenters. The largest absolute Gasteiger partial charge is 0.323 e. The Morgan fingerprint density at radius 1 is 0.900 bits per heavy atom. The predicted molar refractivity (Wildman–Crippen MR) is 125 cm³/mol. The molecule has 0 aliphatic heterocycles. The molecule has 30 heavy (non-hydrogen) atoms. The van der Waals surface area contributed by atoms with Gasteiger partial charge in [-0.1, -0.05) is 59.8 Å². The van der Waals surface area contributed by atoms with Crippen LogP contribution in [0.1, 0.15) is 50.4 Å². The van der Waals surface area contributed by atoms with Gasteiger partial charge in [-0.25, -0.2) is 4.98 Å². The maximum atomic E-state index is 6.62. The van der Waals surface area contributed by atoms with Crippen LogP contribution in [0.4, 0.5) is 0 Å².